The van der Waals surface area contributed by atoms with Gasteiger partial charge in [-0.25, -0.2) is 0 Å². The molecule has 1 atom stereocenters. The summed E-state index contributed by atoms with van der Waals surface area (Å²) in [6.45, 7) is 1.93. The number of rotatable bonds is 6. The van der Waals surface area contributed by atoms with E-state index in [9.17, 15) is 9.59 Å². The van der Waals surface area contributed by atoms with Crippen molar-refractivity contribution in [1.82, 2.24) is 5.32 Å². The van der Waals surface area contributed by atoms with Gasteiger partial charge in [0.25, 0.3) is 0 Å². The molecule has 0 aliphatic carbocycles. The van der Waals surface area contributed by atoms with E-state index < -0.39 is 0 Å². The molecule has 0 fully saturated rings. The van der Waals surface area contributed by atoms with Crippen LogP contribution in [0.15, 0.2) is 30.3 Å². The van der Waals surface area contributed by atoms with Crippen molar-refractivity contribution in [1.29, 1.82) is 0 Å². The molecule has 18 heavy (non-hydrogen) atoms. The van der Waals surface area contributed by atoms with Crippen molar-refractivity contribution in [3.8, 4) is 0 Å². The first kappa shape index (κ1) is 14.6. The minimum atomic E-state index is -0.316. The highest BCUT2D eigenvalue weighted by molar-refractivity contribution is 8.00. The molecule has 0 radical (unpaired) electrons. The summed E-state index contributed by atoms with van der Waals surface area (Å²) in [6, 6.07) is 9.70. The number of thioether (sulfide) groups is 1. The maximum absolute atomic E-state index is 11.6. The van der Waals surface area contributed by atoms with Gasteiger partial charge < -0.3 is 10.1 Å². The molecular formula is C13H17NO3S. The second-order valence-electron chi connectivity index (χ2n) is 3.77. The average molecular weight is 267 g/mol. The zero-order valence-electron chi connectivity index (χ0n) is 10.5. The SMILES string of the molecule is COC(=O)CSCC(=O)N[C@@H](C)c1ccccc1. The number of nitrogens with one attached hydrogen (secondary N) is 1. The molecular weight excluding hydrogens is 250 g/mol. The van der Waals surface area contributed by atoms with E-state index in [1.807, 2.05) is 37.3 Å². The molecule has 1 amide bonds. The van der Waals surface area contributed by atoms with Gasteiger partial charge in [0.15, 0.2) is 0 Å². The van der Waals surface area contributed by atoms with Gasteiger partial charge in [0.2, 0.25) is 5.91 Å². The van der Waals surface area contributed by atoms with Crippen LogP contribution in [-0.4, -0.2) is 30.5 Å². The number of methoxy groups -OCH3 is 1. The third-order valence-corrected chi connectivity index (χ3v) is 3.26. The van der Waals surface area contributed by atoms with Gasteiger partial charge in [0.1, 0.15) is 0 Å². The van der Waals surface area contributed by atoms with Crippen LogP contribution >= 0.6 is 11.8 Å². The molecule has 5 heteroatoms. The Hall–Kier alpha value is -1.49. The van der Waals surface area contributed by atoms with E-state index in [-0.39, 0.29) is 29.4 Å². The zero-order valence-corrected chi connectivity index (χ0v) is 11.3. The number of carbonyl (C=O) groups is 2. The Morgan fingerprint density at radius 3 is 2.56 bits per heavy atom. The van der Waals surface area contributed by atoms with Crippen molar-refractivity contribution < 1.29 is 14.3 Å². The Morgan fingerprint density at radius 1 is 1.28 bits per heavy atom. The highest BCUT2D eigenvalue weighted by atomic mass is 32.2. The molecule has 4 nitrogen and oxygen atoms in total. The van der Waals surface area contributed by atoms with E-state index in [1.165, 1.54) is 18.9 Å². The number of esters is 1. The molecule has 0 unspecified atom stereocenters. The number of amides is 1. The van der Waals surface area contributed by atoms with Crippen molar-refractivity contribution in [3.63, 3.8) is 0 Å². The Labute approximate surface area is 111 Å². The molecule has 1 rings (SSSR count). The molecule has 0 aromatic heterocycles. The summed E-state index contributed by atoms with van der Waals surface area (Å²) >= 11 is 1.24. The third-order valence-electron chi connectivity index (χ3n) is 2.36. The lowest BCUT2D eigenvalue weighted by Crippen LogP contribution is -2.28. The van der Waals surface area contributed by atoms with E-state index in [1.54, 1.807) is 0 Å². The van der Waals surface area contributed by atoms with Crippen LogP contribution in [0.25, 0.3) is 0 Å². The van der Waals surface area contributed by atoms with Gasteiger partial charge in [-0.2, -0.15) is 0 Å². The number of carbonyl (C=O) groups excluding carboxylic acids is 2. The van der Waals surface area contributed by atoms with Crippen LogP contribution in [0, 0.1) is 0 Å². The van der Waals surface area contributed by atoms with Crippen molar-refractivity contribution in [2.24, 2.45) is 0 Å². The largest absolute Gasteiger partial charge is 0.468 e. The Bertz CT molecular complexity index is 394. The van der Waals surface area contributed by atoms with Crippen molar-refractivity contribution in [2.75, 3.05) is 18.6 Å². The van der Waals surface area contributed by atoms with Crippen LogP contribution in [0.3, 0.4) is 0 Å². The highest BCUT2D eigenvalue weighted by Gasteiger charge is 2.10. The monoisotopic (exact) mass is 267 g/mol. The van der Waals surface area contributed by atoms with E-state index >= 15 is 0 Å². The standard InChI is InChI=1S/C13H17NO3S/c1-10(11-6-4-3-5-7-11)14-12(15)8-18-9-13(16)17-2/h3-7,10H,8-9H2,1-2H3,(H,14,15)/t10-/m0/s1. The average Bonchev–Trinajstić information content (AvgIpc) is 2.39. The summed E-state index contributed by atoms with van der Waals surface area (Å²) in [5, 5.41) is 2.88. The van der Waals surface area contributed by atoms with Gasteiger partial charge >= 0.3 is 5.97 Å². The zero-order chi connectivity index (χ0) is 13.4. The lowest BCUT2D eigenvalue weighted by atomic mass is 10.1. The van der Waals surface area contributed by atoms with Gasteiger partial charge in [0, 0.05) is 0 Å². The van der Waals surface area contributed by atoms with Crippen molar-refractivity contribution in [2.45, 2.75) is 13.0 Å². The van der Waals surface area contributed by atoms with Crippen molar-refractivity contribution >= 4 is 23.6 Å². The summed E-state index contributed by atoms with van der Waals surface area (Å²) in [4.78, 5) is 22.5. The van der Waals surface area contributed by atoms with Gasteiger partial charge in [-0.05, 0) is 12.5 Å². The van der Waals surface area contributed by atoms with E-state index in [4.69, 9.17) is 0 Å². The fourth-order valence-corrected chi connectivity index (χ4v) is 2.05. The van der Waals surface area contributed by atoms with E-state index in [2.05, 4.69) is 10.1 Å². The summed E-state index contributed by atoms with van der Waals surface area (Å²) in [7, 11) is 1.33. The minimum Gasteiger partial charge on any atom is -0.468 e. The number of benzene rings is 1. The molecule has 1 N–H and O–H groups in total. The lowest BCUT2D eigenvalue weighted by molar-refractivity contribution is -0.137. The molecule has 0 heterocycles. The Balaban J connectivity index is 2.30. The second-order valence-corrected chi connectivity index (χ2v) is 4.75. The van der Waals surface area contributed by atoms with Crippen LogP contribution in [0.1, 0.15) is 18.5 Å². The van der Waals surface area contributed by atoms with Gasteiger partial charge in [0.05, 0.1) is 24.7 Å². The summed E-state index contributed by atoms with van der Waals surface area (Å²) in [5.74, 6) is 0.0554. The lowest BCUT2D eigenvalue weighted by Gasteiger charge is -2.13. The predicted octanol–water partition coefficient (Wildman–Crippen LogP) is 1.77. The van der Waals surface area contributed by atoms with E-state index in [0.717, 1.165) is 5.56 Å². The summed E-state index contributed by atoms with van der Waals surface area (Å²) in [5.41, 5.74) is 1.06. The van der Waals surface area contributed by atoms with Crippen molar-refractivity contribution in [3.05, 3.63) is 35.9 Å². The number of ether oxygens (including phenoxy) is 1. The second kappa shape index (κ2) is 7.76. The van der Waals surface area contributed by atoms with Crippen LogP contribution in [-0.2, 0) is 14.3 Å². The summed E-state index contributed by atoms with van der Waals surface area (Å²) in [6.07, 6.45) is 0. The van der Waals surface area contributed by atoms with Gasteiger partial charge in [-0.1, -0.05) is 30.3 Å². The first-order valence-corrected chi connectivity index (χ1v) is 6.78. The van der Waals surface area contributed by atoms with E-state index in [0.29, 0.717) is 0 Å². The first-order valence-electron chi connectivity index (χ1n) is 5.62. The van der Waals surface area contributed by atoms with Crippen LogP contribution in [0.2, 0.25) is 0 Å². The van der Waals surface area contributed by atoms with Crippen LogP contribution in [0.4, 0.5) is 0 Å². The maximum atomic E-state index is 11.6. The highest BCUT2D eigenvalue weighted by Crippen LogP contribution is 2.11. The smallest absolute Gasteiger partial charge is 0.315 e. The summed E-state index contributed by atoms with van der Waals surface area (Å²) < 4.78 is 4.49. The molecule has 0 bridgehead atoms. The van der Waals surface area contributed by atoms with Crippen LogP contribution < -0.4 is 5.32 Å². The van der Waals surface area contributed by atoms with Crippen LogP contribution in [0.5, 0.6) is 0 Å². The fraction of sp³-hybridized carbons (Fsp3) is 0.385. The molecule has 1 aromatic carbocycles. The normalized spacial score (nSPS) is 11.7. The third kappa shape index (κ3) is 5.23. The minimum absolute atomic E-state index is 0.0302. The van der Waals surface area contributed by atoms with Gasteiger partial charge in [-0.15, -0.1) is 11.8 Å². The molecule has 0 saturated carbocycles. The quantitative estimate of drug-likeness (QED) is 0.798. The molecule has 0 spiro atoms. The number of hydrogen-bond acceptors (Lipinski definition) is 4. The molecule has 0 aliphatic heterocycles. The Kier molecular flexibility index (Phi) is 6.28. The van der Waals surface area contributed by atoms with Gasteiger partial charge in [-0.3, -0.25) is 9.59 Å². The molecule has 0 aliphatic rings. The topological polar surface area (TPSA) is 55.4 Å². The molecule has 98 valence electrons. The first-order chi connectivity index (χ1) is 8.63. The number of hydrogen-bond donors (Lipinski definition) is 1. The molecule has 1 aromatic rings. The predicted molar refractivity (Wildman–Crippen MR) is 72.3 cm³/mol. The fourth-order valence-electron chi connectivity index (χ4n) is 1.39. The maximum Gasteiger partial charge on any atom is 0.315 e. The molecule has 0 saturated heterocycles. The Morgan fingerprint density at radius 2 is 1.94 bits per heavy atom.